The molecule has 0 aliphatic heterocycles. The van der Waals surface area contributed by atoms with Crippen molar-refractivity contribution in [1.82, 2.24) is 0 Å². The van der Waals surface area contributed by atoms with Crippen LogP contribution in [0.3, 0.4) is 0 Å². The Morgan fingerprint density at radius 2 is 1.50 bits per heavy atom. The molecule has 3 aromatic carbocycles. The molecular weight excluding hydrogens is 382 g/mol. The maximum Gasteiger partial charge on any atom is 0.257 e. The minimum Gasteiger partial charge on any atom is -0.325 e. The van der Waals surface area contributed by atoms with Crippen molar-refractivity contribution in [2.45, 2.75) is 4.90 Å². The van der Waals surface area contributed by atoms with Crippen molar-refractivity contribution < 1.29 is 18.4 Å². The van der Waals surface area contributed by atoms with E-state index in [1.165, 1.54) is 30.3 Å². The van der Waals surface area contributed by atoms with E-state index in [-0.39, 0.29) is 23.0 Å². The molecule has 0 unspecified atom stereocenters. The number of benzene rings is 3. The first-order valence-corrected chi connectivity index (χ1v) is 9.34. The van der Waals surface area contributed by atoms with E-state index in [0.717, 1.165) is 11.8 Å². The molecule has 0 spiro atoms. The van der Waals surface area contributed by atoms with Gasteiger partial charge in [-0.25, -0.2) is 8.78 Å². The van der Waals surface area contributed by atoms with E-state index in [1.54, 1.807) is 42.5 Å². The summed E-state index contributed by atoms with van der Waals surface area (Å²) in [4.78, 5) is 25.1. The van der Waals surface area contributed by atoms with E-state index < -0.39 is 11.7 Å². The van der Waals surface area contributed by atoms with Gasteiger partial charge < -0.3 is 10.6 Å². The number of para-hydroxylation sites is 1. The van der Waals surface area contributed by atoms with Crippen molar-refractivity contribution in [3.05, 3.63) is 90.0 Å². The molecule has 7 heteroatoms. The number of carbonyl (C=O) groups is 2. The summed E-state index contributed by atoms with van der Waals surface area (Å²) in [6, 6.07) is 18.1. The maximum absolute atomic E-state index is 13.6. The zero-order valence-corrected chi connectivity index (χ0v) is 15.4. The third-order valence-electron chi connectivity index (χ3n) is 3.74. The normalized spacial score (nSPS) is 10.4. The predicted octanol–water partition coefficient (Wildman–Crippen LogP) is 4.95. The predicted molar refractivity (Wildman–Crippen MR) is 107 cm³/mol. The second-order valence-electron chi connectivity index (χ2n) is 5.77. The molecule has 3 rings (SSSR count). The fourth-order valence-electron chi connectivity index (χ4n) is 2.41. The van der Waals surface area contributed by atoms with Crippen LogP contribution in [0.4, 0.5) is 20.2 Å². The Balaban J connectivity index is 1.66. The van der Waals surface area contributed by atoms with Crippen LogP contribution in [-0.2, 0) is 4.79 Å². The second-order valence-corrected chi connectivity index (χ2v) is 6.79. The average Bonchev–Trinajstić information content (AvgIpc) is 2.69. The van der Waals surface area contributed by atoms with Gasteiger partial charge in [0.05, 0.1) is 17.0 Å². The van der Waals surface area contributed by atoms with Crippen LogP contribution in [0.25, 0.3) is 0 Å². The van der Waals surface area contributed by atoms with Gasteiger partial charge in [0, 0.05) is 10.6 Å². The van der Waals surface area contributed by atoms with E-state index in [9.17, 15) is 18.4 Å². The summed E-state index contributed by atoms with van der Waals surface area (Å²) in [5, 5.41) is 5.33. The number of amides is 2. The quantitative estimate of drug-likeness (QED) is 0.578. The SMILES string of the molecule is O=C(CSc1ccccc1F)Nc1ccccc1C(=O)Nc1ccc(F)cc1. The van der Waals surface area contributed by atoms with Gasteiger partial charge in [-0.2, -0.15) is 0 Å². The smallest absolute Gasteiger partial charge is 0.257 e. The number of carbonyl (C=O) groups excluding carboxylic acids is 2. The summed E-state index contributed by atoms with van der Waals surface area (Å²) in [6.45, 7) is 0. The van der Waals surface area contributed by atoms with E-state index in [2.05, 4.69) is 10.6 Å². The highest BCUT2D eigenvalue weighted by atomic mass is 32.2. The van der Waals surface area contributed by atoms with Crippen molar-refractivity contribution in [2.75, 3.05) is 16.4 Å². The number of halogens is 2. The number of thioether (sulfide) groups is 1. The van der Waals surface area contributed by atoms with Crippen LogP contribution in [0, 0.1) is 11.6 Å². The summed E-state index contributed by atoms with van der Waals surface area (Å²) in [7, 11) is 0. The Labute approximate surface area is 165 Å². The van der Waals surface area contributed by atoms with Gasteiger partial charge >= 0.3 is 0 Å². The average molecular weight is 398 g/mol. The van der Waals surface area contributed by atoms with Crippen LogP contribution in [0.2, 0.25) is 0 Å². The Morgan fingerprint density at radius 1 is 0.821 bits per heavy atom. The molecule has 0 fully saturated rings. The van der Waals surface area contributed by atoms with Crippen molar-refractivity contribution in [1.29, 1.82) is 0 Å². The van der Waals surface area contributed by atoms with Crippen LogP contribution in [0.1, 0.15) is 10.4 Å². The Hall–Kier alpha value is -3.19. The molecule has 0 aliphatic rings. The van der Waals surface area contributed by atoms with E-state index >= 15 is 0 Å². The molecule has 0 aromatic heterocycles. The number of hydrogen-bond donors (Lipinski definition) is 2. The summed E-state index contributed by atoms with van der Waals surface area (Å²) in [5.41, 5.74) is 1.03. The molecule has 0 heterocycles. The van der Waals surface area contributed by atoms with E-state index in [1.807, 2.05) is 0 Å². The molecule has 0 saturated carbocycles. The second kappa shape index (κ2) is 9.14. The molecule has 0 atom stereocenters. The lowest BCUT2D eigenvalue weighted by Gasteiger charge is -2.11. The summed E-state index contributed by atoms with van der Waals surface area (Å²) in [5.74, 6) is -1.61. The van der Waals surface area contributed by atoms with Crippen LogP contribution in [0.15, 0.2) is 77.7 Å². The van der Waals surface area contributed by atoms with Gasteiger partial charge in [0.15, 0.2) is 0 Å². The third-order valence-corrected chi connectivity index (χ3v) is 4.79. The molecule has 0 saturated heterocycles. The lowest BCUT2D eigenvalue weighted by atomic mass is 10.1. The molecular formula is C21H16F2N2O2S. The Morgan fingerprint density at radius 3 is 2.25 bits per heavy atom. The summed E-state index contributed by atoms with van der Waals surface area (Å²) in [6.07, 6.45) is 0. The Kier molecular flexibility index (Phi) is 6.39. The molecule has 4 nitrogen and oxygen atoms in total. The van der Waals surface area contributed by atoms with Crippen molar-refractivity contribution in [3.8, 4) is 0 Å². The lowest BCUT2D eigenvalue weighted by molar-refractivity contribution is -0.113. The molecule has 2 N–H and O–H groups in total. The van der Waals surface area contributed by atoms with Gasteiger partial charge in [-0.3, -0.25) is 9.59 Å². The zero-order chi connectivity index (χ0) is 19.9. The van der Waals surface area contributed by atoms with E-state index in [4.69, 9.17) is 0 Å². The summed E-state index contributed by atoms with van der Waals surface area (Å²) < 4.78 is 26.6. The molecule has 0 radical (unpaired) electrons. The first-order chi connectivity index (χ1) is 13.5. The monoisotopic (exact) mass is 398 g/mol. The van der Waals surface area contributed by atoms with Crippen LogP contribution < -0.4 is 10.6 Å². The van der Waals surface area contributed by atoms with Crippen molar-refractivity contribution in [3.63, 3.8) is 0 Å². The lowest BCUT2D eigenvalue weighted by Crippen LogP contribution is -2.19. The van der Waals surface area contributed by atoms with E-state index in [0.29, 0.717) is 16.3 Å². The van der Waals surface area contributed by atoms with Crippen LogP contribution in [-0.4, -0.2) is 17.6 Å². The number of nitrogens with one attached hydrogen (secondary N) is 2. The maximum atomic E-state index is 13.6. The first kappa shape index (κ1) is 19.6. The molecule has 0 bridgehead atoms. The molecule has 142 valence electrons. The number of anilines is 2. The molecule has 3 aromatic rings. The van der Waals surface area contributed by atoms with Gasteiger partial charge in [0.1, 0.15) is 11.6 Å². The summed E-state index contributed by atoms with van der Waals surface area (Å²) >= 11 is 1.07. The molecule has 0 aliphatic carbocycles. The van der Waals surface area contributed by atoms with Gasteiger partial charge in [-0.15, -0.1) is 11.8 Å². The standard InChI is InChI=1S/C21H16F2N2O2S/c22-14-9-11-15(12-10-14)24-21(27)16-5-1-3-7-18(16)25-20(26)13-28-19-8-4-2-6-17(19)23/h1-12H,13H2,(H,24,27)(H,25,26). The third kappa shape index (κ3) is 5.17. The van der Waals surface area contributed by atoms with Gasteiger partial charge in [0.2, 0.25) is 5.91 Å². The topological polar surface area (TPSA) is 58.2 Å². The molecule has 28 heavy (non-hydrogen) atoms. The van der Waals surface area contributed by atoms with Gasteiger partial charge in [-0.1, -0.05) is 24.3 Å². The molecule has 2 amide bonds. The minimum absolute atomic E-state index is 0.00511. The highest BCUT2D eigenvalue weighted by Crippen LogP contribution is 2.22. The highest BCUT2D eigenvalue weighted by molar-refractivity contribution is 8.00. The largest absolute Gasteiger partial charge is 0.325 e. The van der Waals surface area contributed by atoms with Crippen molar-refractivity contribution >= 4 is 35.0 Å². The fourth-order valence-corrected chi connectivity index (χ4v) is 3.15. The highest BCUT2D eigenvalue weighted by Gasteiger charge is 2.14. The number of hydrogen-bond acceptors (Lipinski definition) is 3. The fraction of sp³-hybridized carbons (Fsp3) is 0.0476. The van der Waals surface area contributed by atoms with Crippen LogP contribution >= 0.6 is 11.8 Å². The van der Waals surface area contributed by atoms with Gasteiger partial charge in [-0.05, 0) is 48.5 Å². The zero-order valence-electron chi connectivity index (χ0n) is 14.6. The Bertz CT molecular complexity index is 994. The van der Waals surface area contributed by atoms with Crippen LogP contribution in [0.5, 0.6) is 0 Å². The number of rotatable bonds is 6. The van der Waals surface area contributed by atoms with Gasteiger partial charge in [0.25, 0.3) is 5.91 Å². The minimum atomic E-state index is -0.440. The first-order valence-electron chi connectivity index (χ1n) is 8.36. The van der Waals surface area contributed by atoms with Crippen molar-refractivity contribution in [2.24, 2.45) is 0 Å².